The summed E-state index contributed by atoms with van der Waals surface area (Å²) in [6, 6.07) is 9.54. The summed E-state index contributed by atoms with van der Waals surface area (Å²) in [7, 11) is 0. The molecule has 6 nitrogen and oxygen atoms in total. The highest BCUT2D eigenvalue weighted by atomic mass is 19.3. The molecule has 8 heteroatoms. The minimum atomic E-state index is -2.98. The van der Waals surface area contributed by atoms with Gasteiger partial charge in [-0.2, -0.15) is 13.9 Å². The van der Waals surface area contributed by atoms with Crippen LogP contribution in [0, 0.1) is 6.92 Å². The number of carbonyl (C=O) groups is 1. The van der Waals surface area contributed by atoms with E-state index in [1.165, 1.54) is 18.2 Å². The predicted molar refractivity (Wildman–Crippen MR) is 85.8 cm³/mol. The highest BCUT2D eigenvalue weighted by Crippen LogP contribution is 2.28. The van der Waals surface area contributed by atoms with Crippen LogP contribution in [0.1, 0.15) is 21.9 Å². The van der Waals surface area contributed by atoms with E-state index >= 15 is 0 Å². The van der Waals surface area contributed by atoms with Gasteiger partial charge in [0.1, 0.15) is 11.5 Å². The number of hydrogen-bond acceptors (Lipinski definition) is 4. The van der Waals surface area contributed by atoms with Gasteiger partial charge in [0.2, 0.25) is 0 Å². The summed E-state index contributed by atoms with van der Waals surface area (Å²) in [5.41, 5.74) is 0.870. The average Bonchev–Trinajstić information content (AvgIpc) is 3.22. The number of nitrogens with zero attached hydrogens (tertiary/aromatic N) is 2. The minimum absolute atomic E-state index is 0.0609. The van der Waals surface area contributed by atoms with E-state index in [0.29, 0.717) is 12.3 Å². The second kappa shape index (κ2) is 7.16. The number of hydrogen-bond donors (Lipinski definition) is 1. The molecule has 1 aromatic carbocycles. The van der Waals surface area contributed by atoms with Crippen LogP contribution in [0.4, 0.5) is 14.5 Å². The third-order valence-corrected chi connectivity index (χ3v) is 3.36. The smallest absolute Gasteiger partial charge is 0.387 e. The van der Waals surface area contributed by atoms with Crippen LogP contribution in [0.3, 0.4) is 0 Å². The molecule has 0 aliphatic rings. The van der Waals surface area contributed by atoms with Crippen molar-refractivity contribution in [3.63, 3.8) is 0 Å². The Hall–Kier alpha value is -3.16. The number of furan rings is 1. The summed E-state index contributed by atoms with van der Waals surface area (Å²) in [6.45, 7) is -0.871. The Morgan fingerprint density at radius 3 is 2.92 bits per heavy atom. The monoisotopic (exact) mass is 347 g/mol. The third-order valence-electron chi connectivity index (χ3n) is 3.36. The topological polar surface area (TPSA) is 69.3 Å². The van der Waals surface area contributed by atoms with Crippen molar-refractivity contribution in [2.75, 3.05) is 5.32 Å². The van der Waals surface area contributed by atoms with Gasteiger partial charge in [-0.25, -0.2) is 0 Å². The van der Waals surface area contributed by atoms with Gasteiger partial charge in [0.15, 0.2) is 5.76 Å². The van der Waals surface area contributed by atoms with Gasteiger partial charge < -0.3 is 14.5 Å². The fourth-order valence-electron chi connectivity index (χ4n) is 2.25. The molecule has 0 fully saturated rings. The van der Waals surface area contributed by atoms with Crippen LogP contribution in [-0.2, 0) is 6.54 Å². The van der Waals surface area contributed by atoms with Crippen LogP contribution in [0.2, 0.25) is 0 Å². The van der Waals surface area contributed by atoms with E-state index in [0.717, 1.165) is 5.56 Å². The fourth-order valence-corrected chi connectivity index (χ4v) is 2.25. The molecular weight excluding hydrogens is 332 g/mol. The van der Waals surface area contributed by atoms with Crippen molar-refractivity contribution >= 4 is 11.6 Å². The molecule has 0 saturated heterocycles. The van der Waals surface area contributed by atoms with Gasteiger partial charge >= 0.3 is 6.61 Å². The number of amides is 1. The molecule has 25 heavy (non-hydrogen) atoms. The van der Waals surface area contributed by atoms with Gasteiger partial charge in [0.05, 0.1) is 12.2 Å². The van der Waals surface area contributed by atoms with Crippen LogP contribution >= 0.6 is 0 Å². The molecule has 0 unspecified atom stereocenters. The Morgan fingerprint density at radius 2 is 2.20 bits per heavy atom. The number of aryl methyl sites for hydroxylation is 1. The molecule has 1 N–H and O–H groups in total. The number of aromatic nitrogens is 2. The Kier molecular flexibility index (Phi) is 4.78. The molecule has 0 radical (unpaired) electrons. The van der Waals surface area contributed by atoms with Crippen molar-refractivity contribution in [1.82, 2.24) is 9.78 Å². The molecule has 0 aliphatic carbocycles. The largest absolute Gasteiger partial charge is 0.454 e. The number of nitrogens with one attached hydrogen (secondary N) is 1. The molecule has 0 spiro atoms. The molecule has 3 rings (SSSR count). The Bertz CT molecular complexity index is 860. The van der Waals surface area contributed by atoms with Gasteiger partial charge in [0, 0.05) is 12.4 Å². The maximum atomic E-state index is 12.5. The summed E-state index contributed by atoms with van der Waals surface area (Å²) in [6.07, 6.45) is 3.40. The molecular formula is C17H15F2N3O3. The van der Waals surface area contributed by atoms with Crippen molar-refractivity contribution in [3.8, 4) is 5.75 Å². The molecule has 130 valence electrons. The lowest BCUT2D eigenvalue weighted by molar-refractivity contribution is -0.0494. The first kappa shape index (κ1) is 16.7. The zero-order chi connectivity index (χ0) is 17.8. The van der Waals surface area contributed by atoms with Crippen LogP contribution in [0.15, 0.2) is 53.2 Å². The molecule has 1 amide bonds. The summed E-state index contributed by atoms with van der Waals surface area (Å²) in [5.74, 6) is -0.0612. The highest BCUT2D eigenvalue weighted by molar-refractivity contribution is 6.03. The average molecular weight is 347 g/mol. The first-order valence-electron chi connectivity index (χ1n) is 7.44. The molecule has 2 aromatic heterocycles. The number of carbonyl (C=O) groups excluding carboxylic acids is 1. The Labute approximate surface area is 142 Å². The molecule has 0 saturated carbocycles. The number of halogens is 2. The van der Waals surface area contributed by atoms with Crippen molar-refractivity contribution in [1.29, 1.82) is 0 Å². The van der Waals surface area contributed by atoms with Gasteiger partial charge in [-0.15, -0.1) is 0 Å². The van der Waals surface area contributed by atoms with Crippen LogP contribution in [0.25, 0.3) is 0 Å². The van der Waals surface area contributed by atoms with E-state index in [9.17, 15) is 13.6 Å². The highest BCUT2D eigenvalue weighted by Gasteiger charge is 2.16. The Morgan fingerprint density at radius 1 is 1.36 bits per heavy atom. The van der Waals surface area contributed by atoms with Crippen molar-refractivity contribution in [2.45, 2.75) is 20.1 Å². The second-order valence-electron chi connectivity index (χ2n) is 5.30. The van der Waals surface area contributed by atoms with E-state index in [1.54, 1.807) is 42.2 Å². The predicted octanol–water partition coefficient (Wildman–Crippen LogP) is 3.69. The SMILES string of the molecule is Cc1ccc(NC(=O)c2ccc(Cn3cccn3)o2)c(OC(F)F)c1. The fraction of sp³-hybridized carbons (Fsp3) is 0.176. The summed E-state index contributed by atoms with van der Waals surface area (Å²) >= 11 is 0. The number of ether oxygens (including phenoxy) is 1. The molecule has 2 heterocycles. The molecule has 0 aliphatic heterocycles. The third kappa shape index (κ3) is 4.23. The molecule has 0 atom stereocenters. The normalized spacial score (nSPS) is 10.9. The summed E-state index contributed by atoms with van der Waals surface area (Å²) in [5, 5.41) is 6.57. The number of rotatable bonds is 6. The number of benzene rings is 1. The quantitative estimate of drug-likeness (QED) is 0.738. The van der Waals surface area contributed by atoms with E-state index in [2.05, 4.69) is 15.2 Å². The van der Waals surface area contributed by atoms with E-state index in [4.69, 9.17) is 4.42 Å². The Balaban J connectivity index is 1.73. The number of alkyl halides is 2. The van der Waals surface area contributed by atoms with Crippen molar-refractivity contribution in [2.24, 2.45) is 0 Å². The zero-order valence-corrected chi connectivity index (χ0v) is 13.3. The van der Waals surface area contributed by atoms with Crippen LogP contribution < -0.4 is 10.1 Å². The lowest BCUT2D eigenvalue weighted by Crippen LogP contribution is -2.13. The first-order chi connectivity index (χ1) is 12.0. The van der Waals surface area contributed by atoms with Crippen molar-refractivity contribution < 1.29 is 22.7 Å². The van der Waals surface area contributed by atoms with Gasteiger partial charge in [-0.1, -0.05) is 6.07 Å². The maximum Gasteiger partial charge on any atom is 0.387 e. The summed E-state index contributed by atoms with van der Waals surface area (Å²) < 4.78 is 36.6. The second-order valence-corrected chi connectivity index (χ2v) is 5.30. The standard InChI is InChI=1S/C17H15F2N3O3/c1-11-3-5-13(15(9-11)25-17(18)19)21-16(23)14-6-4-12(24-14)10-22-8-2-7-20-22/h2-9,17H,10H2,1H3,(H,21,23). The van der Waals surface area contributed by atoms with E-state index in [1.807, 2.05) is 0 Å². The van der Waals surface area contributed by atoms with E-state index in [-0.39, 0.29) is 17.2 Å². The number of anilines is 1. The first-order valence-corrected chi connectivity index (χ1v) is 7.44. The van der Waals surface area contributed by atoms with Crippen LogP contribution in [0.5, 0.6) is 5.75 Å². The lowest BCUT2D eigenvalue weighted by atomic mass is 10.2. The lowest BCUT2D eigenvalue weighted by Gasteiger charge is -2.12. The minimum Gasteiger partial charge on any atom is -0.454 e. The zero-order valence-electron chi connectivity index (χ0n) is 13.3. The maximum absolute atomic E-state index is 12.5. The van der Waals surface area contributed by atoms with Gasteiger partial charge in [-0.05, 0) is 42.8 Å². The van der Waals surface area contributed by atoms with Crippen LogP contribution in [-0.4, -0.2) is 22.3 Å². The van der Waals surface area contributed by atoms with E-state index < -0.39 is 12.5 Å². The summed E-state index contributed by atoms with van der Waals surface area (Å²) in [4.78, 5) is 12.3. The van der Waals surface area contributed by atoms with Crippen molar-refractivity contribution in [3.05, 3.63) is 65.9 Å². The van der Waals surface area contributed by atoms with Gasteiger partial charge in [-0.3, -0.25) is 9.48 Å². The van der Waals surface area contributed by atoms with Gasteiger partial charge in [0.25, 0.3) is 5.91 Å². The molecule has 0 bridgehead atoms. The molecule has 3 aromatic rings.